The maximum absolute atomic E-state index is 12.7. The van der Waals surface area contributed by atoms with Crippen molar-refractivity contribution in [3.05, 3.63) is 24.0 Å². The van der Waals surface area contributed by atoms with Crippen LogP contribution in [-0.4, -0.2) is 47.9 Å². The van der Waals surface area contributed by atoms with E-state index < -0.39 is 14.6 Å². The molecular formula is C19H27N3O4S. The Hall–Kier alpha value is -1.83. The maximum Gasteiger partial charge on any atom is 0.267 e. The summed E-state index contributed by atoms with van der Waals surface area (Å²) in [6, 6.07) is 3.54. The largest absolute Gasteiger partial charge is 0.353 e. The first kappa shape index (κ1) is 18.5. The van der Waals surface area contributed by atoms with Gasteiger partial charge in [0.15, 0.2) is 9.84 Å². The highest BCUT2D eigenvalue weighted by Gasteiger charge is 2.56. The molecule has 0 aromatic carbocycles. The fourth-order valence-electron chi connectivity index (χ4n) is 4.56. The Morgan fingerprint density at radius 2 is 1.96 bits per heavy atom. The molecule has 1 aliphatic heterocycles. The minimum atomic E-state index is -3.15. The Morgan fingerprint density at radius 1 is 1.22 bits per heavy atom. The average molecular weight is 394 g/mol. The van der Waals surface area contributed by atoms with Gasteiger partial charge in [-0.15, -0.1) is 0 Å². The van der Waals surface area contributed by atoms with Crippen molar-refractivity contribution in [3.8, 4) is 0 Å². The molecule has 0 radical (unpaired) electrons. The van der Waals surface area contributed by atoms with Gasteiger partial charge in [-0.05, 0) is 56.6 Å². The first-order valence-corrected chi connectivity index (χ1v) is 11.4. The minimum absolute atomic E-state index is 0.0412. The number of nitrogens with zero attached hydrogens (tertiary/aromatic N) is 1. The Morgan fingerprint density at radius 3 is 2.59 bits per heavy atom. The molecular weight excluding hydrogens is 366 g/mol. The molecule has 27 heavy (non-hydrogen) atoms. The molecule has 2 amide bonds. The monoisotopic (exact) mass is 393 g/mol. The summed E-state index contributed by atoms with van der Waals surface area (Å²) >= 11 is 0. The third-order valence-electron chi connectivity index (χ3n) is 6.36. The van der Waals surface area contributed by atoms with Gasteiger partial charge in [0.2, 0.25) is 5.91 Å². The number of carbonyl (C=O) groups excluding carboxylic acids is 2. The molecule has 7 nitrogen and oxygen atoms in total. The van der Waals surface area contributed by atoms with E-state index in [1.165, 1.54) is 0 Å². The molecule has 1 aromatic heterocycles. The predicted octanol–water partition coefficient (Wildman–Crippen LogP) is 1.01. The highest BCUT2D eigenvalue weighted by molar-refractivity contribution is 7.92. The number of rotatable bonds is 5. The van der Waals surface area contributed by atoms with Gasteiger partial charge in [0, 0.05) is 31.7 Å². The van der Waals surface area contributed by atoms with E-state index >= 15 is 0 Å². The van der Waals surface area contributed by atoms with E-state index in [4.69, 9.17) is 0 Å². The van der Waals surface area contributed by atoms with Crippen molar-refractivity contribution < 1.29 is 18.0 Å². The summed E-state index contributed by atoms with van der Waals surface area (Å²) in [6.45, 7) is 0.486. The van der Waals surface area contributed by atoms with E-state index in [9.17, 15) is 18.0 Å². The Bertz CT molecular complexity index is 850. The third kappa shape index (κ3) is 3.51. The average Bonchev–Trinajstić information content (AvgIpc) is 3.34. The number of aryl methyl sites for hydroxylation is 1. The van der Waals surface area contributed by atoms with Crippen molar-refractivity contribution in [2.24, 2.45) is 18.9 Å². The van der Waals surface area contributed by atoms with Crippen LogP contribution in [0, 0.1) is 11.8 Å². The van der Waals surface area contributed by atoms with Gasteiger partial charge in [-0.25, -0.2) is 8.42 Å². The van der Waals surface area contributed by atoms with Gasteiger partial charge in [-0.2, -0.15) is 0 Å². The molecule has 1 atom stereocenters. The summed E-state index contributed by atoms with van der Waals surface area (Å²) in [5.74, 6) is 0.401. The number of hydrogen-bond donors (Lipinski definition) is 2. The number of sulfone groups is 1. The highest BCUT2D eigenvalue weighted by Crippen LogP contribution is 2.50. The summed E-state index contributed by atoms with van der Waals surface area (Å²) in [6.07, 6.45) is 5.87. The van der Waals surface area contributed by atoms with Crippen LogP contribution in [0.3, 0.4) is 0 Å². The van der Waals surface area contributed by atoms with Crippen molar-refractivity contribution in [1.82, 2.24) is 15.2 Å². The van der Waals surface area contributed by atoms with Gasteiger partial charge in [-0.1, -0.05) is 0 Å². The number of aromatic nitrogens is 1. The van der Waals surface area contributed by atoms with Crippen LogP contribution < -0.4 is 10.6 Å². The van der Waals surface area contributed by atoms with Crippen molar-refractivity contribution in [1.29, 1.82) is 0 Å². The molecule has 0 bridgehead atoms. The van der Waals surface area contributed by atoms with E-state index in [1.54, 1.807) is 10.6 Å². The zero-order chi connectivity index (χ0) is 19.2. The Balaban J connectivity index is 1.32. The van der Waals surface area contributed by atoms with Gasteiger partial charge < -0.3 is 15.2 Å². The van der Waals surface area contributed by atoms with E-state index in [0.717, 1.165) is 12.8 Å². The zero-order valence-electron chi connectivity index (χ0n) is 15.6. The first-order valence-electron chi connectivity index (χ1n) is 9.72. The molecule has 3 aliphatic rings. The van der Waals surface area contributed by atoms with Crippen LogP contribution >= 0.6 is 0 Å². The van der Waals surface area contributed by atoms with E-state index in [0.29, 0.717) is 37.9 Å². The van der Waals surface area contributed by atoms with E-state index in [2.05, 4.69) is 10.6 Å². The van der Waals surface area contributed by atoms with Gasteiger partial charge in [0.25, 0.3) is 5.91 Å². The van der Waals surface area contributed by atoms with E-state index in [1.807, 2.05) is 19.3 Å². The molecule has 2 saturated carbocycles. The summed E-state index contributed by atoms with van der Waals surface area (Å²) < 4.78 is 26.4. The smallest absolute Gasteiger partial charge is 0.267 e. The van der Waals surface area contributed by atoms with Crippen molar-refractivity contribution in [2.45, 2.75) is 49.3 Å². The standard InChI is InChI=1S/C19H27N3O4S/c1-22-7-2-3-16(22)18(24)20-12-13-9-19(10-13)11-15(6-8-27(19,25)26)21-17(23)14-4-5-14/h2-3,7,13-15H,4-6,8-12H2,1H3,(H,20,24)(H,21,23). The van der Waals surface area contributed by atoms with Gasteiger partial charge in [-0.3, -0.25) is 9.59 Å². The summed E-state index contributed by atoms with van der Waals surface area (Å²) in [7, 11) is -1.33. The first-order chi connectivity index (χ1) is 12.8. The molecule has 2 aliphatic carbocycles. The SMILES string of the molecule is Cn1cccc1C(=O)NCC1CC2(C1)CC(NC(=O)C1CC1)CCS2(=O)=O. The van der Waals surface area contributed by atoms with Crippen LogP contribution in [0.5, 0.6) is 0 Å². The molecule has 8 heteroatoms. The molecule has 148 valence electrons. The minimum Gasteiger partial charge on any atom is -0.353 e. The third-order valence-corrected chi connectivity index (χ3v) is 8.95. The topological polar surface area (TPSA) is 97.3 Å². The lowest BCUT2D eigenvalue weighted by Crippen LogP contribution is -2.60. The fraction of sp³-hybridized carbons (Fsp3) is 0.684. The Kier molecular flexibility index (Phi) is 4.56. The number of nitrogens with one attached hydrogen (secondary N) is 2. The number of amides is 2. The normalized spacial score (nSPS) is 31.9. The van der Waals surface area contributed by atoms with Crippen LogP contribution in [0.4, 0.5) is 0 Å². The quantitative estimate of drug-likeness (QED) is 0.780. The van der Waals surface area contributed by atoms with Crippen molar-refractivity contribution in [3.63, 3.8) is 0 Å². The summed E-state index contributed by atoms with van der Waals surface area (Å²) in [5, 5.41) is 5.98. The van der Waals surface area contributed by atoms with Gasteiger partial charge in [0.1, 0.15) is 5.69 Å². The van der Waals surface area contributed by atoms with E-state index in [-0.39, 0.29) is 35.4 Å². The molecule has 1 unspecified atom stereocenters. The van der Waals surface area contributed by atoms with Gasteiger partial charge in [0.05, 0.1) is 10.5 Å². The molecule has 2 N–H and O–H groups in total. The fourth-order valence-corrected chi connectivity index (χ4v) is 7.02. The molecule has 1 saturated heterocycles. The maximum atomic E-state index is 12.7. The van der Waals surface area contributed by atoms with Crippen molar-refractivity contribution in [2.75, 3.05) is 12.3 Å². The number of carbonyl (C=O) groups is 2. The predicted molar refractivity (Wildman–Crippen MR) is 101 cm³/mol. The second-order valence-corrected chi connectivity index (χ2v) is 11.0. The Labute approximate surface area is 159 Å². The lowest BCUT2D eigenvalue weighted by Gasteiger charge is -2.51. The second kappa shape index (κ2) is 6.65. The molecule has 1 aromatic rings. The molecule has 3 fully saturated rings. The lowest BCUT2D eigenvalue weighted by molar-refractivity contribution is -0.123. The van der Waals surface area contributed by atoms with Crippen LogP contribution in [0.2, 0.25) is 0 Å². The highest BCUT2D eigenvalue weighted by atomic mass is 32.2. The lowest BCUT2D eigenvalue weighted by atomic mass is 9.70. The molecule has 4 rings (SSSR count). The summed E-state index contributed by atoms with van der Waals surface area (Å²) in [5.41, 5.74) is 0.595. The van der Waals surface area contributed by atoms with Crippen molar-refractivity contribution >= 4 is 21.7 Å². The zero-order valence-corrected chi connectivity index (χ0v) is 16.4. The molecule has 2 heterocycles. The number of hydrogen-bond acceptors (Lipinski definition) is 4. The van der Waals surface area contributed by atoms with Gasteiger partial charge >= 0.3 is 0 Å². The molecule has 1 spiro atoms. The van der Waals surface area contributed by atoms with Crippen LogP contribution in [0.25, 0.3) is 0 Å². The second-order valence-electron chi connectivity index (χ2n) is 8.46. The van der Waals surface area contributed by atoms with Crippen LogP contribution in [0.15, 0.2) is 18.3 Å². The van der Waals surface area contributed by atoms with Crippen LogP contribution in [0.1, 0.15) is 49.0 Å². The van der Waals surface area contributed by atoms with Crippen LogP contribution in [-0.2, 0) is 21.7 Å². The summed E-state index contributed by atoms with van der Waals surface area (Å²) in [4.78, 5) is 24.2.